The molecule has 2 N–H and O–H groups in total. The summed E-state index contributed by atoms with van der Waals surface area (Å²) in [4.78, 5) is 0. The lowest BCUT2D eigenvalue weighted by Crippen LogP contribution is -2.32. The van der Waals surface area contributed by atoms with Crippen LogP contribution in [-0.2, 0) is 12.8 Å². The molecule has 1 nitrogen and oxygen atoms in total. The quantitative estimate of drug-likeness (QED) is 0.857. The van der Waals surface area contributed by atoms with Crippen molar-refractivity contribution in [3.63, 3.8) is 0 Å². The van der Waals surface area contributed by atoms with Gasteiger partial charge in [-0.15, -0.1) is 0 Å². The van der Waals surface area contributed by atoms with E-state index in [1.54, 1.807) is 0 Å². The van der Waals surface area contributed by atoms with Crippen LogP contribution in [0.25, 0.3) is 0 Å². The monoisotopic (exact) mass is 243 g/mol. The zero-order valence-corrected chi connectivity index (χ0v) is 10.9. The van der Waals surface area contributed by atoms with E-state index in [-0.39, 0.29) is 16.4 Å². The van der Waals surface area contributed by atoms with E-state index < -0.39 is 0 Å². The van der Waals surface area contributed by atoms with Gasteiger partial charge in [-0.1, -0.05) is 24.6 Å². The molecule has 1 aromatic rings. The predicted molar refractivity (Wildman–Crippen MR) is 67.4 cm³/mol. The van der Waals surface area contributed by atoms with Crippen molar-refractivity contribution in [3.8, 4) is 0 Å². The number of aryl methyl sites for hydroxylation is 2. The molecule has 0 unspecified atom stereocenters. The second-order valence-electron chi connectivity index (χ2n) is 4.89. The number of benzene rings is 1. The number of hydrogen-bond donors (Lipinski definition) is 1. The highest BCUT2D eigenvalue weighted by atomic mass is 35.5. The first-order chi connectivity index (χ1) is 7.33. The fourth-order valence-electron chi connectivity index (χ4n) is 1.58. The molecule has 0 aliphatic rings. The van der Waals surface area contributed by atoms with Gasteiger partial charge in [-0.05, 0) is 50.3 Å². The van der Waals surface area contributed by atoms with Crippen LogP contribution in [0.3, 0.4) is 0 Å². The Labute approximate surface area is 102 Å². The summed E-state index contributed by atoms with van der Waals surface area (Å²) in [6.07, 6.45) is 2.36. The average Bonchev–Trinajstić information content (AvgIpc) is 2.18. The minimum Gasteiger partial charge on any atom is -0.326 e. The largest absolute Gasteiger partial charge is 0.326 e. The van der Waals surface area contributed by atoms with E-state index >= 15 is 0 Å². The van der Waals surface area contributed by atoms with Gasteiger partial charge in [0.05, 0.1) is 5.02 Å². The van der Waals surface area contributed by atoms with Crippen molar-refractivity contribution in [1.82, 2.24) is 0 Å². The molecule has 0 aliphatic carbocycles. The van der Waals surface area contributed by atoms with Crippen molar-refractivity contribution in [2.45, 2.75) is 45.6 Å². The van der Waals surface area contributed by atoms with E-state index in [9.17, 15) is 4.39 Å². The van der Waals surface area contributed by atoms with Gasteiger partial charge in [0.2, 0.25) is 0 Å². The van der Waals surface area contributed by atoms with Crippen molar-refractivity contribution >= 4 is 11.6 Å². The normalized spacial score (nSPS) is 11.9. The summed E-state index contributed by atoms with van der Waals surface area (Å²) in [5.41, 5.74) is 7.52. The second kappa shape index (κ2) is 5.15. The summed E-state index contributed by atoms with van der Waals surface area (Å²) in [6.45, 7) is 5.91. The third-order valence-corrected chi connectivity index (χ3v) is 3.03. The Morgan fingerprint density at radius 1 is 1.38 bits per heavy atom. The summed E-state index contributed by atoms with van der Waals surface area (Å²) < 4.78 is 13.5. The van der Waals surface area contributed by atoms with Gasteiger partial charge < -0.3 is 5.73 Å². The molecule has 0 radical (unpaired) electrons. The van der Waals surface area contributed by atoms with Crippen LogP contribution in [0.2, 0.25) is 5.02 Å². The predicted octanol–water partition coefficient (Wildman–Crippen LogP) is 3.71. The van der Waals surface area contributed by atoms with E-state index in [4.69, 9.17) is 17.3 Å². The minimum absolute atomic E-state index is 0.220. The molecule has 0 heterocycles. The van der Waals surface area contributed by atoms with E-state index in [0.717, 1.165) is 30.4 Å². The molecule has 0 aromatic heterocycles. The molecule has 0 atom stereocenters. The van der Waals surface area contributed by atoms with Crippen LogP contribution < -0.4 is 5.73 Å². The minimum atomic E-state index is -0.328. The lowest BCUT2D eigenvalue weighted by atomic mass is 9.95. The number of rotatable bonds is 4. The molecule has 3 heteroatoms. The van der Waals surface area contributed by atoms with Crippen LogP contribution in [0, 0.1) is 5.82 Å². The summed E-state index contributed by atoms with van der Waals surface area (Å²) in [6, 6.07) is 3.48. The maximum Gasteiger partial charge on any atom is 0.142 e. The molecule has 1 aromatic carbocycles. The zero-order valence-electron chi connectivity index (χ0n) is 10.1. The smallest absolute Gasteiger partial charge is 0.142 e. The first-order valence-corrected chi connectivity index (χ1v) is 5.97. The summed E-state index contributed by atoms with van der Waals surface area (Å²) in [5, 5.41) is 0.248. The lowest BCUT2D eigenvalue weighted by molar-refractivity contribution is 0.476. The Balaban J connectivity index is 2.86. The average molecular weight is 244 g/mol. The molecule has 0 amide bonds. The summed E-state index contributed by atoms with van der Waals surface area (Å²) in [5.74, 6) is -0.328. The van der Waals surface area contributed by atoms with Gasteiger partial charge in [0, 0.05) is 5.54 Å². The fraction of sp³-hybridized carbons (Fsp3) is 0.538. The van der Waals surface area contributed by atoms with Crippen molar-refractivity contribution in [2.24, 2.45) is 5.73 Å². The Kier molecular flexibility index (Phi) is 4.34. The summed E-state index contributed by atoms with van der Waals surface area (Å²) >= 11 is 5.86. The van der Waals surface area contributed by atoms with Crippen LogP contribution in [0.5, 0.6) is 0 Å². The lowest BCUT2D eigenvalue weighted by Gasteiger charge is -2.18. The van der Waals surface area contributed by atoms with E-state index in [0.29, 0.717) is 0 Å². The molecule has 0 fully saturated rings. The van der Waals surface area contributed by atoms with Gasteiger partial charge in [-0.2, -0.15) is 0 Å². The standard InChI is InChI=1S/C13H19ClFN/c1-4-10-7-9(5-6-13(2,3)16)8-11(15)12(10)14/h7-8H,4-6,16H2,1-3H3. The highest BCUT2D eigenvalue weighted by Gasteiger charge is 2.12. The molecule has 0 bridgehead atoms. The Morgan fingerprint density at radius 3 is 2.50 bits per heavy atom. The third kappa shape index (κ3) is 3.76. The van der Waals surface area contributed by atoms with Gasteiger partial charge in [0.1, 0.15) is 5.82 Å². The van der Waals surface area contributed by atoms with Gasteiger partial charge in [-0.3, -0.25) is 0 Å². The van der Waals surface area contributed by atoms with Crippen LogP contribution in [-0.4, -0.2) is 5.54 Å². The fourth-order valence-corrected chi connectivity index (χ4v) is 1.82. The number of nitrogens with two attached hydrogens (primary N) is 1. The second-order valence-corrected chi connectivity index (χ2v) is 5.27. The Morgan fingerprint density at radius 2 is 2.00 bits per heavy atom. The Hall–Kier alpha value is -0.600. The van der Waals surface area contributed by atoms with Crippen LogP contribution >= 0.6 is 11.6 Å². The van der Waals surface area contributed by atoms with Crippen molar-refractivity contribution in [3.05, 3.63) is 34.1 Å². The van der Waals surface area contributed by atoms with Gasteiger partial charge in [-0.25, -0.2) is 4.39 Å². The van der Waals surface area contributed by atoms with Crippen molar-refractivity contribution in [1.29, 1.82) is 0 Å². The van der Waals surface area contributed by atoms with Crippen molar-refractivity contribution < 1.29 is 4.39 Å². The highest BCUT2D eigenvalue weighted by molar-refractivity contribution is 6.31. The molecular weight excluding hydrogens is 225 g/mol. The first-order valence-electron chi connectivity index (χ1n) is 5.59. The molecule has 1 rings (SSSR count). The zero-order chi connectivity index (χ0) is 12.3. The molecular formula is C13H19ClFN. The number of halogens is 2. The first kappa shape index (κ1) is 13.5. The molecule has 90 valence electrons. The van der Waals surface area contributed by atoms with E-state index in [2.05, 4.69) is 0 Å². The van der Waals surface area contributed by atoms with Crippen LogP contribution in [0.15, 0.2) is 12.1 Å². The van der Waals surface area contributed by atoms with Crippen molar-refractivity contribution in [2.75, 3.05) is 0 Å². The van der Waals surface area contributed by atoms with Crippen LogP contribution in [0.1, 0.15) is 38.3 Å². The topological polar surface area (TPSA) is 26.0 Å². The van der Waals surface area contributed by atoms with Gasteiger partial charge in [0.15, 0.2) is 0 Å². The third-order valence-electron chi connectivity index (χ3n) is 2.60. The summed E-state index contributed by atoms with van der Waals surface area (Å²) in [7, 11) is 0. The highest BCUT2D eigenvalue weighted by Crippen LogP contribution is 2.24. The molecule has 0 saturated carbocycles. The maximum atomic E-state index is 13.5. The molecule has 16 heavy (non-hydrogen) atoms. The van der Waals surface area contributed by atoms with Gasteiger partial charge in [0.25, 0.3) is 0 Å². The Bertz CT molecular complexity index is 369. The molecule has 0 spiro atoms. The van der Waals surface area contributed by atoms with Crippen LogP contribution in [0.4, 0.5) is 4.39 Å². The molecule has 0 aliphatic heterocycles. The van der Waals surface area contributed by atoms with E-state index in [1.807, 2.05) is 26.8 Å². The number of hydrogen-bond acceptors (Lipinski definition) is 1. The van der Waals surface area contributed by atoms with Gasteiger partial charge >= 0.3 is 0 Å². The molecule has 0 saturated heterocycles. The SMILES string of the molecule is CCc1cc(CCC(C)(C)N)cc(F)c1Cl. The van der Waals surface area contributed by atoms with E-state index in [1.165, 1.54) is 6.07 Å². The maximum absolute atomic E-state index is 13.5.